The number of amides is 1. The van der Waals surface area contributed by atoms with E-state index in [2.05, 4.69) is 4.74 Å². The van der Waals surface area contributed by atoms with Crippen LogP contribution >= 0.6 is 0 Å². The third-order valence-electron chi connectivity index (χ3n) is 3.10. The minimum atomic E-state index is -3.59. The van der Waals surface area contributed by atoms with Crippen LogP contribution < -0.4 is 0 Å². The molecule has 0 aromatic rings. The first-order valence-electron chi connectivity index (χ1n) is 6.38. The molecule has 1 unspecified atom stereocenters. The van der Waals surface area contributed by atoms with E-state index in [0.717, 1.165) is 12.8 Å². The Hall–Kier alpha value is -1.11. The van der Waals surface area contributed by atoms with Crippen molar-refractivity contribution < 1.29 is 22.7 Å². The Morgan fingerprint density at radius 2 is 1.95 bits per heavy atom. The van der Waals surface area contributed by atoms with Crippen molar-refractivity contribution in [1.29, 1.82) is 0 Å². The van der Waals surface area contributed by atoms with Crippen LogP contribution in [0.1, 0.15) is 26.7 Å². The molecule has 1 amide bonds. The molecule has 110 valence electrons. The van der Waals surface area contributed by atoms with Crippen molar-refractivity contribution in [3.05, 3.63) is 0 Å². The summed E-state index contributed by atoms with van der Waals surface area (Å²) in [5, 5.41) is 0. The predicted octanol–water partition coefficient (Wildman–Crippen LogP) is 0.221. The minimum absolute atomic E-state index is 0.200. The summed E-state index contributed by atoms with van der Waals surface area (Å²) >= 11 is 0. The lowest BCUT2D eigenvalue weighted by Gasteiger charge is -2.20. The quantitative estimate of drug-likeness (QED) is 0.627. The van der Waals surface area contributed by atoms with Crippen molar-refractivity contribution in [2.45, 2.75) is 32.7 Å². The summed E-state index contributed by atoms with van der Waals surface area (Å²) in [6.45, 7) is 3.83. The van der Waals surface area contributed by atoms with E-state index in [9.17, 15) is 18.0 Å². The first kappa shape index (κ1) is 15.9. The van der Waals surface area contributed by atoms with Crippen molar-refractivity contribution in [2.24, 2.45) is 5.92 Å². The lowest BCUT2D eigenvalue weighted by atomic mass is 10.2. The molecule has 1 atom stereocenters. The zero-order valence-corrected chi connectivity index (χ0v) is 12.4. The molecule has 7 heteroatoms. The van der Waals surface area contributed by atoms with Gasteiger partial charge in [0.15, 0.2) is 9.84 Å². The van der Waals surface area contributed by atoms with Gasteiger partial charge in [0, 0.05) is 12.6 Å². The van der Waals surface area contributed by atoms with Gasteiger partial charge in [-0.3, -0.25) is 9.59 Å². The van der Waals surface area contributed by atoms with Crippen LogP contribution in [0.4, 0.5) is 0 Å². The molecular formula is C12H21NO5S. The van der Waals surface area contributed by atoms with Crippen LogP contribution in [-0.2, 0) is 24.2 Å². The van der Waals surface area contributed by atoms with E-state index < -0.39 is 27.5 Å². The standard InChI is InChI=1S/C12H21NO5S/c1-4-13(10-5-6-10)11(14)8-19(16,17)7-9(2)12(15)18-3/h9-10H,4-8H2,1-3H3. The van der Waals surface area contributed by atoms with Gasteiger partial charge in [0.1, 0.15) is 5.75 Å². The lowest BCUT2D eigenvalue weighted by molar-refractivity contribution is -0.144. The molecule has 0 saturated heterocycles. The van der Waals surface area contributed by atoms with E-state index in [1.54, 1.807) is 4.90 Å². The second-order valence-electron chi connectivity index (χ2n) is 4.89. The maximum Gasteiger partial charge on any atom is 0.309 e. The molecule has 19 heavy (non-hydrogen) atoms. The molecule has 0 aromatic carbocycles. The SMILES string of the molecule is CCN(C(=O)CS(=O)(=O)CC(C)C(=O)OC)C1CC1. The fourth-order valence-electron chi connectivity index (χ4n) is 2.00. The first-order valence-corrected chi connectivity index (χ1v) is 8.20. The molecule has 1 fully saturated rings. The van der Waals surface area contributed by atoms with Crippen LogP contribution in [0.25, 0.3) is 0 Å². The summed E-state index contributed by atoms with van der Waals surface area (Å²) in [5.41, 5.74) is 0. The van der Waals surface area contributed by atoms with E-state index in [-0.39, 0.29) is 17.7 Å². The van der Waals surface area contributed by atoms with Crippen LogP contribution in [0.3, 0.4) is 0 Å². The highest BCUT2D eigenvalue weighted by atomic mass is 32.2. The molecule has 0 radical (unpaired) electrons. The zero-order valence-electron chi connectivity index (χ0n) is 11.6. The van der Waals surface area contributed by atoms with Crippen LogP contribution in [0.5, 0.6) is 0 Å². The Kier molecular flexibility index (Phi) is 5.34. The van der Waals surface area contributed by atoms with Gasteiger partial charge in [0.25, 0.3) is 0 Å². The number of sulfone groups is 1. The zero-order chi connectivity index (χ0) is 14.6. The molecule has 1 rings (SSSR count). The molecule has 1 aliphatic rings. The minimum Gasteiger partial charge on any atom is -0.469 e. The molecule has 0 aromatic heterocycles. The summed E-state index contributed by atoms with van der Waals surface area (Å²) < 4.78 is 28.2. The van der Waals surface area contributed by atoms with E-state index in [1.807, 2.05) is 6.92 Å². The van der Waals surface area contributed by atoms with Gasteiger partial charge in [-0.2, -0.15) is 0 Å². The third-order valence-corrected chi connectivity index (χ3v) is 4.79. The highest BCUT2D eigenvalue weighted by Gasteiger charge is 2.34. The maximum atomic E-state index is 11.9. The van der Waals surface area contributed by atoms with Gasteiger partial charge in [0.05, 0.1) is 18.8 Å². The van der Waals surface area contributed by atoms with Gasteiger partial charge in [-0.25, -0.2) is 8.42 Å². The van der Waals surface area contributed by atoms with Gasteiger partial charge in [-0.15, -0.1) is 0 Å². The van der Waals surface area contributed by atoms with Crippen LogP contribution in [0, 0.1) is 5.92 Å². The van der Waals surface area contributed by atoms with Crippen molar-refractivity contribution >= 4 is 21.7 Å². The number of ether oxygens (including phenoxy) is 1. The van der Waals surface area contributed by atoms with Gasteiger partial charge >= 0.3 is 5.97 Å². The smallest absolute Gasteiger partial charge is 0.309 e. The third kappa shape index (κ3) is 4.81. The van der Waals surface area contributed by atoms with E-state index in [4.69, 9.17) is 0 Å². The normalized spacial score (nSPS) is 16.8. The number of carbonyl (C=O) groups excluding carboxylic acids is 2. The Balaban J connectivity index is 2.58. The Morgan fingerprint density at radius 3 is 2.37 bits per heavy atom. The molecule has 0 spiro atoms. The van der Waals surface area contributed by atoms with E-state index >= 15 is 0 Å². The highest BCUT2D eigenvalue weighted by molar-refractivity contribution is 7.92. The Bertz CT molecular complexity index is 441. The Labute approximate surface area is 114 Å². The van der Waals surface area contributed by atoms with Crippen LogP contribution in [0.2, 0.25) is 0 Å². The van der Waals surface area contributed by atoms with Gasteiger partial charge < -0.3 is 9.64 Å². The fraction of sp³-hybridized carbons (Fsp3) is 0.833. The number of hydrogen-bond acceptors (Lipinski definition) is 5. The average molecular weight is 291 g/mol. The topological polar surface area (TPSA) is 80.8 Å². The summed E-state index contributed by atoms with van der Waals surface area (Å²) in [5.74, 6) is -2.59. The summed E-state index contributed by atoms with van der Waals surface area (Å²) in [6, 6.07) is 0.200. The fourth-order valence-corrected chi connectivity index (χ4v) is 3.56. The van der Waals surface area contributed by atoms with Crippen LogP contribution in [-0.4, -0.2) is 56.4 Å². The molecule has 0 bridgehead atoms. The number of nitrogens with zero attached hydrogens (tertiary/aromatic N) is 1. The van der Waals surface area contributed by atoms with Gasteiger partial charge in [0.2, 0.25) is 5.91 Å². The van der Waals surface area contributed by atoms with Gasteiger partial charge in [-0.1, -0.05) is 6.92 Å². The first-order chi connectivity index (χ1) is 8.80. The molecular weight excluding hydrogens is 270 g/mol. The maximum absolute atomic E-state index is 11.9. The largest absolute Gasteiger partial charge is 0.469 e. The van der Waals surface area contributed by atoms with Crippen molar-refractivity contribution in [2.75, 3.05) is 25.2 Å². The highest BCUT2D eigenvalue weighted by Crippen LogP contribution is 2.26. The lowest BCUT2D eigenvalue weighted by Crippen LogP contribution is -2.38. The number of esters is 1. The monoisotopic (exact) mass is 291 g/mol. The molecule has 0 N–H and O–H groups in total. The molecule has 6 nitrogen and oxygen atoms in total. The molecule has 1 saturated carbocycles. The molecule has 0 aliphatic heterocycles. The molecule has 1 aliphatic carbocycles. The Morgan fingerprint density at radius 1 is 1.37 bits per heavy atom. The van der Waals surface area contributed by atoms with E-state index in [1.165, 1.54) is 14.0 Å². The van der Waals surface area contributed by atoms with Crippen molar-refractivity contribution in [1.82, 2.24) is 4.90 Å². The number of hydrogen-bond donors (Lipinski definition) is 0. The number of rotatable bonds is 7. The predicted molar refractivity (Wildman–Crippen MR) is 70.2 cm³/mol. The summed E-state index contributed by atoms with van der Waals surface area (Å²) in [4.78, 5) is 24.7. The van der Waals surface area contributed by atoms with Gasteiger partial charge in [-0.05, 0) is 19.8 Å². The second-order valence-corrected chi connectivity index (χ2v) is 7.00. The van der Waals surface area contributed by atoms with Crippen molar-refractivity contribution in [3.8, 4) is 0 Å². The summed E-state index contributed by atoms with van der Waals surface area (Å²) in [7, 11) is -2.38. The average Bonchev–Trinajstić information content (AvgIpc) is 3.11. The number of methoxy groups -OCH3 is 1. The molecule has 0 heterocycles. The van der Waals surface area contributed by atoms with Crippen LogP contribution in [0.15, 0.2) is 0 Å². The number of carbonyl (C=O) groups is 2. The summed E-state index contributed by atoms with van der Waals surface area (Å²) in [6.07, 6.45) is 1.89. The van der Waals surface area contributed by atoms with Crippen molar-refractivity contribution in [3.63, 3.8) is 0 Å². The van der Waals surface area contributed by atoms with E-state index in [0.29, 0.717) is 6.54 Å². The second kappa shape index (κ2) is 6.36.